The van der Waals surface area contributed by atoms with Gasteiger partial charge in [-0.05, 0) is 25.5 Å². The number of halogens is 1. The fraction of sp³-hybridized carbons (Fsp3) is 0.267. The quantitative estimate of drug-likeness (QED) is 0.759. The Morgan fingerprint density at radius 1 is 1.40 bits per heavy atom. The number of nitrogens with one attached hydrogen (secondary N) is 1. The Labute approximate surface area is 130 Å². The van der Waals surface area contributed by atoms with Crippen LogP contribution in [0.3, 0.4) is 0 Å². The maximum atomic E-state index is 4.57. The molecule has 3 aromatic rings. The van der Waals surface area contributed by atoms with Crippen LogP contribution >= 0.6 is 27.3 Å². The van der Waals surface area contributed by atoms with Crippen molar-refractivity contribution in [3.63, 3.8) is 0 Å². The third-order valence-electron chi connectivity index (χ3n) is 3.51. The van der Waals surface area contributed by atoms with Gasteiger partial charge < -0.3 is 5.32 Å². The van der Waals surface area contributed by atoms with Gasteiger partial charge in [-0.15, -0.1) is 11.3 Å². The number of rotatable bonds is 4. The normalized spacial score (nSPS) is 12.9. The van der Waals surface area contributed by atoms with Gasteiger partial charge in [0.25, 0.3) is 0 Å². The molecule has 0 aliphatic carbocycles. The molecule has 1 aromatic carbocycles. The van der Waals surface area contributed by atoms with Crippen LogP contribution in [0, 0.1) is 6.92 Å². The highest BCUT2D eigenvalue weighted by Gasteiger charge is 2.12. The molecular formula is C15H16BrN3S. The minimum atomic E-state index is 0.286. The third-order valence-corrected chi connectivity index (χ3v) is 4.99. The van der Waals surface area contributed by atoms with Crippen molar-refractivity contribution in [2.45, 2.75) is 26.4 Å². The molecule has 0 unspecified atom stereocenters. The number of fused-ring (bicyclic) bond motifs is 1. The zero-order chi connectivity index (χ0) is 14.1. The molecule has 0 spiro atoms. The van der Waals surface area contributed by atoms with E-state index in [0.29, 0.717) is 0 Å². The second-order valence-electron chi connectivity index (χ2n) is 4.82. The molecule has 0 bridgehead atoms. The number of nitrogens with zero attached hydrogens (tertiary/aromatic N) is 2. The first-order valence-electron chi connectivity index (χ1n) is 6.55. The summed E-state index contributed by atoms with van der Waals surface area (Å²) in [5.74, 6) is 0. The van der Waals surface area contributed by atoms with Crippen LogP contribution in [0.2, 0.25) is 0 Å². The van der Waals surface area contributed by atoms with Crippen LogP contribution in [0.25, 0.3) is 4.96 Å². The van der Waals surface area contributed by atoms with Crippen LogP contribution in [0.15, 0.2) is 40.3 Å². The lowest BCUT2D eigenvalue weighted by Crippen LogP contribution is -2.19. The molecule has 0 radical (unpaired) electrons. The van der Waals surface area contributed by atoms with Gasteiger partial charge in [-0.1, -0.05) is 34.1 Å². The maximum absolute atomic E-state index is 4.57. The fourth-order valence-electron chi connectivity index (χ4n) is 2.34. The smallest absolute Gasteiger partial charge is 0.194 e. The standard InChI is InChI=1S/C15H16BrN3S/c1-10(12-5-3-4-6-13(12)16)17-9-14-11(2)18-15-19(14)7-8-20-15/h3-8,10,17H,9H2,1-2H3/t10-/m1/s1. The van der Waals surface area contributed by atoms with Gasteiger partial charge in [0.05, 0.1) is 11.4 Å². The zero-order valence-corrected chi connectivity index (χ0v) is 13.8. The first-order valence-corrected chi connectivity index (χ1v) is 8.23. The third kappa shape index (κ3) is 2.53. The summed E-state index contributed by atoms with van der Waals surface area (Å²) < 4.78 is 3.31. The molecule has 0 saturated carbocycles. The topological polar surface area (TPSA) is 29.3 Å². The lowest BCUT2D eigenvalue weighted by Gasteiger charge is -2.15. The van der Waals surface area contributed by atoms with E-state index in [2.05, 4.69) is 74.3 Å². The maximum Gasteiger partial charge on any atom is 0.194 e. The van der Waals surface area contributed by atoms with Gasteiger partial charge in [0.1, 0.15) is 0 Å². The number of hydrogen-bond acceptors (Lipinski definition) is 3. The van der Waals surface area contributed by atoms with E-state index in [4.69, 9.17) is 0 Å². The molecule has 0 aliphatic rings. The van der Waals surface area contributed by atoms with Crippen molar-refractivity contribution in [3.8, 4) is 0 Å². The lowest BCUT2D eigenvalue weighted by atomic mass is 10.1. The highest BCUT2D eigenvalue weighted by Crippen LogP contribution is 2.23. The molecule has 1 atom stereocenters. The van der Waals surface area contributed by atoms with E-state index in [0.717, 1.165) is 21.7 Å². The van der Waals surface area contributed by atoms with E-state index in [-0.39, 0.29) is 6.04 Å². The van der Waals surface area contributed by atoms with Crippen LogP contribution in [0.1, 0.15) is 29.9 Å². The van der Waals surface area contributed by atoms with Gasteiger partial charge >= 0.3 is 0 Å². The molecule has 0 amide bonds. The molecule has 104 valence electrons. The lowest BCUT2D eigenvalue weighted by molar-refractivity contribution is 0.563. The van der Waals surface area contributed by atoms with Crippen molar-refractivity contribution in [2.24, 2.45) is 0 Å². The molecule has 0 aliphatic heterocycles. The molecule has 5 heteroatoms. The summed E-state index contributed by atoms with van der Waals surface area (Å²) in [5, 5.41) is 5.65. The Hall–Kier alpha value is -1.17. The van der Waals surface area contributed by atoms with Crippen LogP contribution < -0.4 is 5.32 Å². The minimum absolute atomic E-state index is 0.286. The minimum Gasteiger partial charge on any atom is -0.305 e. The van der Waals surface area contributed by atoms with Crippen LogP contribution in [-0.2, 0) is 6.54 Å². The summed E-state index contributed by atoms with van der Waals surface area (Å²) in [6, 6.07) is 8.62. The number of imidazole rings is 1. The Kier molecular flexibility index (Phi) is 3.92. The molecule has 1 N–H and O–H groups in total. The van der Waals surface area contributed by atoms with E-state index >= 15 is 0 Å². The number of thiazole rings is 1. The van der Waals surface area contributed by atoms with Crippen molar-refractivity contribution in [1.29, 1.82) is 0 Å². The fourth-order valence-corrected chi connectivity index (χ4v) is 3.75. The molecular weight excluding hydrogens is 334 g/mol. The predicted octanol–water partition coefficient (Wildman–Crippen LogP) is 4.32. The first kappa shape index (κ1) is 13.8. The number of benzene rings is 1. The van der Waals surface area contributed by atoms with Crippen LogP contribution in [0.4, 0.5) is 0 Å². The van der Waals surface area contributed by atoms with Crippen molar-refractivity contribution in [3.05, 3.63) is 57.3 Å². The molecule has 2 aromatic heterocycles. The summed E-state index contributed by atoms with van der Waals surface area (Å²) in [7, 11) is 0. The van der Waals surface area contributed by atoms with Gasteiger partial charge in [-0.25, -0.2) is 4.98 Å². The number of aromatic nitrogens is 2. The Morgan fingerprint density at radius 3 is 3.00 bits per heavy atom. The summed E-state index contributed by atoms with van der Waals surface area (Å²) in [4.78, 5) is 5.64. The monoisotopic (exact) mass is 349 g/mol. The van der Waals surface area contributed by atoms with E-state index in [1.165, 1.54) is 11.3 Å². The van der Waals surface area contributed by atoms with E-state index < -0.39 is 0 Å². The van der Waals surface area contributed by atoms with E-state index in [1.807, 2.05) is 6.07 Å². The largest absolute Gasteiger partial charge is 0.305 e. The summed E-state index contributed by atoms with van der Waals surface area (Å²) in [6.45, 7) is 5.06. The molecule has 3 rings (SSSR count). The highest BCUT2D eigenvalue weighted by atomic mass is 79.9. The highest BCUT2D eigenvalue weighted by molar-refractivity contribution is 9.10. The van der Waals surface area contributed by atoms with Crippen molar-refractivity contribution >= 4 is 32.2 Å². The Bertz CT molecular complexity index is 732. The summed E-state index contributed by atoms with van der Waals surface area (Å²) in [6.07, 6.45) is 2.08. The molecule has 0 fully saturated rings. The van der Waals surface area contributed by atoms with Gasteiger partial charge in [0.15, 0.2) is 4.96 Å². The van der Waals surface area contributed by atoms with Gasteiger partial charge in [-0.3, -0.25) is 4.40 Å². The van der Waals surface area contributed by atoms with Crippen molar-refractivity contribution in [2.75, 3.05) is 0 Å². The van der Waals surface area contributed by atoms with Crippen molar-refractivity contribution in [1.82, 2.24) is 14.7 Å². The Morgan fingerprint density at radius 2 is 2.20 bits per heavy atom. The number of aryl methyl sites for hydroxylation is 1. The van der Waals surface area contributed by atoms with Crippen LogP contribution in [-0.4, -0.2) is 9.38 Å². The predicted molar refractivity (Wildman–Crippen MR) is 87.2 cm³/mol. The van der Waals surface area contributed by atoms with Gasteiger partial charge in [0.2, 0.25) is 0 Å². The zero-order valence-electron chi connectivity index (χ0n) is 11.4. The van der Waals surface area contributed by atoms with Gasteiger partial charge in [-0.2, -0.15) is 0 Å². The van der Waals surface area contributed by atoms with E-state index in [9.17, 15) is 0 Å². The van der Waals surface area contributed by atoms with E-state index in [1.54, 1.807) is 11.3 Å². The average molecular weight is 350 g/mol. The second-order valence-corrected chi connectivity index (χ2v) is 6.55. The SMILES string of the molecule is Cc1nc2sccn2c1CN[C@H](C)c1ccccc1Br. The summed E-state index contributed by atoms with van der Waals surface area (Å²) in [5.41, 5.74) is 3.61. The average Bonchev–Trinajstić information content (AvgIpc) is 2.97. The van der Waals surface area contributed by atoms with Gasteiger partial charge in [0, 0.05) is 28.6 Å². The van der Waals surface area contributed by atoms with Crippen LogP contribution in [0.5, 0.6) is 0 Å². The molecule has 3 nitrogen and oxygen atoms in total. The molecule has 2 heterocycles. The van der Waals surface area contributed by atoms with Crippen molar-refractivity contribution < 1.29 is 0 Å². The first-order chi connectivity index (χ1) is 9.66. The molecule has 20 heavy (non-hydrogen) atoms. The molecule has 0 saturated heterocycles. The summed E-state index contributed by atoms with van der Waals surface area (Å²) >= 11 is 5.28. The number of hydrogen-bond donors (Lipinski definition) is 1. The Balaban J connectivity index is 1.78. The second kappa shape index (κ2) is 5.68.